The van der Waals surface area contributed by atoms with E-state index < -0.39 is 15.9 Å². The summed E-state index contributed by atoms with van der Waals surface area (Å²) in [7, 11) is 0. The van der Waals surface area contributed by atoms with Gasteiger partial charge in [-0.1, -0.05) is 0 Å². The van der Waals surface area contributed by atoms with Gasteiger partial charge in [0.1, 0.15) is 5.54 Å². The maximum Gasteiger partial charge on any atom is 0.237 e. The zero-order chi connectivity index (χ0) is 7.71. The summed E-state index contributed by atoms with van der Waals surface area (Å²) >= 11 is 1.35. The maximum absolute atomic E-state index is 8.80. The minimum atomic E-state index is -2.06. The molecular formula is C4H10INO3. The molecule has 0 saturated carbocycles. The van der Waals surface area contributed by atoms with Gasteiger partial charge in [0.05, 0.1) is 6.61 Å². The highest BCUT2D eigenvalue weighted by Gasteiger charge is 2.39. The van der Waals surface area contributed by atoms with Crippen LogP contribution in [0.2, 0.25) is 0 Å². The Morgan fingerprint density at radius 3 is 1.89 bits per heavy atom. The van der Waals surface area contributed by atoms with Crippen LogP contribution < -0.4 is 5.73 Å². The Kier molecular flexibility index (Phi) is 2.84. The molecule has 0 heterocycles. The van der Waals surface area contributed by atoms with Crippen LogP contribution in [-0.4, -0.2) is 31.3 Å². The molecule has 5 heteroatoms. The van der Waals surface area contributed by atoms with Gasteiger partial charge in [0, 0.05) is 0 Å². The quantitative estimate of drug-likeness (QED) is 0.279. The number of aliphatic hydroxyl groups is 3. The third-order valence-electron chi connectivity index (χ3n) is 1.06. The van der Waals surface area contributed by atoms with Crippen molar-refractivity contribution in [3.05, 3.63) is 0 Å². The summed E-state index contributed by atoms with van der Waals surface area (Å²) in [6.45, 7) is 0.877. The Balaban J connectivity index is 4.14. The lowest BCUT2D eigenvalue weighted by molar-refractivity contribution is -0.120. The van der Waals surface area contributed by atoms with Gasteiger partial charge < -0.3 is 21.1 Å². The molecular weight excluding hydrogens is 237 g/mol. The van der Waals surface area contributed by atoms with Gasteiger partial charge in [-0.05, 0) is 29.5 Å². The lowest BCUT2D eigenvalue weighted by Crippen LogP contribution is -2.57. The second-order valence-electron chi connectivity index (χ2n) is 2.16. The summed E-state index contributed by atoms with van der Waals surface area (Å²) in [6, 6.07) is 0. The Morgan fingerprint density at radius 1 is 1.56 bits per heavy atom. The second-order valence-corrected chi connectivity index (χ2v) is 3.67. The molecule has 0 aliphatic heterocycles. The SMILES string of the molecule is CC(N)(CO)C(O)(O)I. The third kappa shape index (κ3) is 2.34. The van der Waals surface area contributed by atoms with Crippen molar-refractivity contribution >= 4 is 22.6 Å². The van der Waals surface area contributed by atoms with E-state index in [1.165, 1.54) is 29.5 Å². The van der Waals surface area contributed by atoms with Gasteiger partial charge in [-0.25, -0.2) is 0 Å². The van der Waals surface area contributed by atoms with Gasteiger partial charge in [0.2, 0.25) is 3.79 Å². The first-order valence-corrected chi connectivity index (χ1v) is 3.42. The van der Waals surface area contributed by atoms with Crippen molar-refractivity contribution in [3.63, 3.8) is 0 Å². The predicted molar refractivity (Wildman–Crippen MR) is 40.9 cm³/mol. The van der Waals surface area contributed by atoms with Crippen LogP contribution >= 0.6 is 22.6 Å². The fraction of sp³-hybridized carbons (Fsp3) is 1.00. The maximum atomic E-state index is 8.80. The van der Waals surface area contributed by atoms with E-state index in [1.54, 1.807) is 0 Å². The highest BCUT2D eigenvalue weighted by Crippen LogP contribution is 2.22. The zero-order valence-electron chi connectivity index (χ0n) is 5.00. The summed E-state index contributed by atoms with van der Waals surface area (Å²) < 4.78 is -2.06. The van der Waals surface area contributed by atoms with E-state index in [9.17, 15) is 0 Å². The molecule has 0 aliphatic carbocycles. The number of alkyl halides is 1. The van der Waals surface area contributed by atoms with E-state index in [-0.39, 0.29) is 0 Å². The third-order valence-corrected chi connectivity index (χ3v) is 2.29. The average molecular weight is 247 g/mol. The van der Waals surface area contributed by atoms with Gasteiger partial charge >= 0.3 is 0 Å². The fourth-order valence-corrected chi connectivity index (χ4v) is 0.271. The monoisotopic (exact) mass is 247 g/mol. The molecule has 1 atom stereocenters. The van der Waals surface area contributed by atoms with Crippen molar-refractivity contribution in [2.75, 3.05) is 6.61 Å². The van der Waals surface area contributed by atoms with E-state index in [4.69, 9.17) is 21.1 Å². The largest absolute Gasteiger partial charge is 0.394 e. The Hall–Kier alpha value is 0.570. The molecule has 9 heavy (non-hydrogen) atoms. The van der Waals surface area contributed by atoms with Gasteiger partial charge in [-0.2, -0.15) is 0 Å². The fourth-order valence-electron chi connectivity index (χ4n) is 0.101. The lowest BCUT2D eigenvalue weighted by Gasteiger charge is -2.31. The summed E-state index contributed by atoms with van der Waals surface area (Å²) in [4.78, 5) is 0. The molecule has 0 amide bonds. The molecule has 0 radical (unpaired) electrons. The van der Waals surface area contributed by atoms with Crippen LogP contribution in [0.25, 0.3) is 0 Å². The molecule has 0 rings (SSSR count). The number of rotatable bonds is 2. The van der Waals surface area contributed by atoms with E-state index in [1.807, 2.05) is 0 Å². The molecule has 0 bridgehead atoms. The van der Waals surface area contributed by atoms with Crippen molar-refractivity contribution < 1.29 is 15.3 Å². The molecule has 56 valence electrons. The van der Waals surface area contributed by atoms with Crippen LogP contribution in [0.3, 0.4) is 0 Å². The van der Waals surface area contributed by atoms with Crippen LogP contribution in [0.5, 0.6) is 0 Å². The normalized spacial score (nSPS) is 19.3. The highest BCUT2D eigenvalue weighted by molar-refractivity contribution is 14.1. The van der Waals surface area contributed by atoms with Crippen molar-refractivity contribution in [2.45, 2.75) is 16.3 Å². The van der Waals surface area contributed by atoms with Gasteiger partial charge in [0.25, 0.3) is 0 Å². The first-order chi connectivity index (χ1) is 3.81. The average Bonchev–Trinajstić information content (AvgIpc) is 1.64. The number of halogens is 1. The molecule has 4 nitrogen and oxygen atoms in total. The Morgan fingerprint density at radius 2 is 1.89 bits per heavy atom. The molecule has 1 unspecified atom stereocenters. The number of aliphatic hydroxyl groups excluding tert-OH is 1. The molecule has 0 aromatic heterocycles. The van der Waals surface area contributed by atoms with Crippen LogP contribution in [0, 0.1) is 0 Å². The summed E-state index contributed by atoms with van der Waals surface area (Å²) in [5, 5.41) is 26.1. The Bertz CT molecular complexity index is 98.5. The minimum absolute atomic E-state index is 0.469. The van der Waals surface area contributed by atoms with Gasteiger partial charge in [-0.15, -0.1) is 0 Å². The zero-order valence-corrected chi connectivity index (χ0v) is 7.16. The highest BCUT2D eigenvalue weighted by atomic mass is 127. The number of hydrogen-bond acceptors (Lipinski definition) is 4. The first kappa shape index (κ1) is 9.57. The predicted octanol–water partition coefficient (Wildman–Crippen LogP) is -1.23. The Labute approximate surface area is 66.8 Å². The summed E-state index contributed by atoms with van der Waals surface area (Å²) in [6.07, 6.45) is 0. The van der Waals surface area contributed by atoms with E-state index in [2.05, 4.69) is 0 Å². The van der Waals surface area contributed by atoms with Crippen molar-refractivity contribution in [1.29, 1.82) is 0 Å². The molecule has 0 saturated heterocycles. The van der Waals surface area contributed by atoms with Crippen molar-refractivity contribution in [1.82, 2.24) is 0 Å². The number of hydrogen-bond donors (Lipinski definition) is 4. The smallest absolute Gasteiger partial charge is 0.237 e. The van der Waals surface area contributed by atoms with Crippen LogP contribution in [-0.2, 0) is 0 Å². The van der Waals surface area contributed by atoms with Crippen molar-refractivity contribution in [2.24, 2.45) is 5.73 Å². The van der Waals surface area contributed by atoms with E-state index >= 15 is 0 Å². The summed E-state index contributed by atoms with van der Waals surface area (Å²) in [5.41, 5.74) is 3.87. The topological polar surface area (TPSA) is 86.7 Å². The molecule has 0 aliphatic rings. The molecule has 0 aromatic rings. The molecule has 5 N–H and O–H groups in total. The first-order valence-electron chi connectivity index (χ1n) is 2.34. The van der Waals surface area contributed by atoms with Gasteiger partial charge in [-0.3, -0.25) is 0 Å². The van der Waals surface area contributed by atoms with E-state index in [0.717, 1.165) is 0 Å². The van der Waals surface area contributed by atoms with Crippen molar-refractivity contribution in [3.8, 4) is 0 Å². The molecule has 0 aromatic carbocycles. The number of nitrogens with two attached hydrogens (primary N) is 1. The second kappa shape index (κ2) is 2.67. The standard InChI is InChI=1S/C4H10INO3/c1-3(6,2-7)4(5,8)9/h7-9H,2,6H2,1H3. The van der Waals surface area contributed by atoms with E-state index in [0.29, 0.717) is 0 Å². The van der Waals surface area contributed by atoms with Crippen LogP contribution in [0.4, 0.5) is 0 Å². The summed E-state index contributed by atoms with van der Waals surface area (Å²) in [5.74, 6) is 0. The molecule has 0 spiro atoms. The van der Waals surface area contributed by atoms with Crippen LogP contribution in [0.15, 0.2) is 0 Å². The minimum Gasteiger partial charge on any atom is -0.394 e. The van der Waals surface area contributed by atoms with Crippen LogP contribution in [0.1, 0.15) is 6.92 Å². The molecule has 0 fully saturated rings. The van der Waals surface area contributed by atoms with Gasteiger partial charge in [0.15, 0.2) is 0 Å². The lowest BCUT2D eigenvalue weighted by atomic mass is 10.1.